The average molecular weight is 309 g/mol. The first-order chi connectivity index (χ1) is 9.98. The number of hydrogen-bond acceptors (Lipinski definition) is 4. The van der Waals surface area contributed by atoms with Crippen molar-refractivity contribution in [1.82, 2.24) is 15.2 Å². The molecule has 5 heteroatoms. The van der Waals surface area contributed by atoms with Crippen LogP contribution in [0.1, 0.15) is 49.2 Å². The third kappa shape index (κ3) is 3.83. The van der Waals surface area contributed by atoms with Crippen molar-refractivity contribution < 1.29 is 4.79 Å². The summed E-state index contributed by atoms with van der Waals surface area (Å²) in [5, 5.41) is 4.23. The second-order valence-electron chi connectivity index (χ2n) is 6.17. The van der Waals surface area contributed by atoms with Crippen molar-refractivity contribution >= 4 is 17.2 Å². The molecule has 1 N–H and O–H groups in total. The van der Waals surface area contributed by atoms with E-state index >= 15 is 0 Å². The molecule has 1 atom stereocenters. The van der Waals surface area contributed by atoms with Crippen molar-refractivity contribution in [2.45, 2.75) is 53.5 Å². The van der Waals surface area contributed by atoms with Crippen molar-refractivity contribution in [3.63, 3.8) is 0 Å². The molecular weight excluding hydrogens is 282 g/mol. The van der Waals surface area contributed by atoms with Gasteiger partial charge in [0.05, 0.1) is 22.7 Å². The number of carbonyl (C=O) groups excluding carboxylic acids is 1. The summed E-state index contributed by atoms with van der Waals surface area (Å²) in [6.45, 7) is 12.0. The fraction of sp³-hybridized carbons (Fsp3) is 0.750. The van der Waals surface area contributed by atoms with Crippen LogP contribution in [0.25, 0.3) is 0 Å². The highest BCUT2D eigenvalue weighted by atomic mass is 32.1. The van der Waals surface area contributed by atoms with E-state index in [4.69, 9.17) is 0 Å². The van der Waals surface area contributed by atoms with Crippen LogP contribution in [-0.4, -0.2) is 35.4 Å². The maximum Gasteiger partial charge on any atom is 0.227 e. The van der Waals surface area contributed by atoms with Crippen LogP contribution in [0.2, 0.25) is 0 Å². The van der Waals surface area contributed by atoms with Gasteiger partial charge in [-0.2, -0.15) is 0 Å². The van der Waals surface area contributed by atoms with Gasteiger partial charge in [-0.15, -0.1) is 11.3 Å². The van der Waals surface area contributed by atoms with Crippen LogP contribution >= 0.6 is 11.3 Å². The lowest BCUT2D eigenvalue weighted by molar-refractivity contribution is -0.133. The highest BCUT2D eigenvalue weighted by Crippen LogP contribution is 2.30. The molecule has 0 aliphatic carbocycles. The molecule has 1 aromatic rings. The Kier molecular flexibility index (Phi) is 5.38. The Morgan fingerprint density at radius 3 is 2.90 bits per heavy atom. The van der Waals surface area contributed by atoms with E-state index < -0.39 is 0 Å². The summed E-state index contributed by atoms with van der Waals surface area (Å²) >= 11 is 1.70. The summed E-state index contributed by atoms with van der Waals surface area (Å²) in [5.74, 6) is 0.189. The zero-order valence-electron chi connectivity index (χ0n) is 13.7. The van der Waals surface area contributed by atoms with E-state index in [0.717, 1.165) is 49.6 Å². The van der Waals surface area contributed by atoms with E-state index in [1.807, 2.05) is 6.92 Å². The van der Waals surface area contributed by atoms with Crippen LogP contribution in [-0.2, 0) is 17.8 Å². The van der Waals surface area contributed by atoms with Crippen LogP contribution < -0.4 is 5.32 Å². The number of thiazole rings is 1. The lowest BCUT2D eigenvalue weighted by Gasteiger charge is -2.38. The number of nitrogens with one attached hydrogen (secondary N) is 1. The van der Waals surface area contributed by atoms with Gasteiger partial charge < -0.3 is 10.2 Å². The number of nitrogens with zero attached hydrogens (tertiary/aromatic N) is 2. The number of hydrogen-bond donors (Lipinski definition) is 1. The minimum Gasteiger partial charge on any atom is -0.351 e. The number of aromatic nitrogens is 1. The molecule has 0 bridgehead atoms. The van der Waals surface area contributed by atoms with Crippen LogP contribution in [0, 0.1) is 12.3 Å². The number of rotatable bonds is 5. The molecule has 0 saturated carbocycles. The molecule has 0 aromatic carbocycles. The van der Waals surface area contributed by atoms with Gasteiger partial charge in [-0.25, -0.2) is 4.98 Å². The molecule has 1 aliphatic heterocycles. The van der Waals surface area contributed by atoms with Crippen LogP contribution in [0.15, 0.2) is 0 Å². The van der Waals surface area contributed by atoms with Crippen molar-refractivity contribution in [1.29, 1.82) is 0 Å². The lowest BCUT2D eigenvalue weighted by atomic mass is 9.81. The van der Waals surface area contributed by atoms with E-state index in [2.05, 4.69) is 36.0 Å². The van der Waals surface area contributed by atoms with Gasteiger partial charge in [-0.05, 0) is 46.2 Å². The first kappa shape index (κ1) is 16.4. The fourth-order valence-corrected chi connectivity index (χ4v) is 4.06. The summed E-state index contributed by atoms with van der Waals surface area (Å²) < 4.78 is 0. The molecule has 2 rings (SSSR count). The number of aryl methyl sites for hydroxylation is 2. The summed E-state index contributed by atoms with van der Waals surface area (Å²) in [4.78, 5) is 20.7. The molecule has 0 spiro atoms. The van der Waals surface area contributed by atoms with Crippen molar-refractivity contribution in [2.24, 2.45) is 5.41 Å². The summed E-state index contributed by atoms with van der Waals surface area (Å²) in [7, 11) is 0. The smallest absolute Gasteiger partial charge is 0.227 e. The van der Waals surface area contributed by atoms with Gasteiger partial charge in [0.15, 0.2) is 0 Å². The predicted molar refractivity (Wildman–Crippen MR) is 87.5 cm³/mol. The summed E-state index contributed by atoms with van der Waals surface area (Å²) in [6, 6.07) is 0. The Balaban J connectivity index is 1.97. The fourth-order valence-electron chi connectivity index (χ4n) is 3.10. The first-order valence-electron chi connectivity index (χ1n) is 7.94. The monoisotopic (exact) mass is 309 g/mol. The molecule has 4 nitrogen and oxygen atoms in total. The number of likely N-dealkylation sites (tertiary alicyclic amines) is 1. The molecular formula is C16H27N3OS. The zero-order valence-corrected chi connectivity index (χ0v) is 14.5. The predicted octanol–water partition coefficient (Wildman–Crippen LogP) is 2.75. The molecule has 0 radical (unpaired) electrons. The van der Waals surface area contributed by atoms with Crippen LogP contribution in [0.4, 0.5) is 0 Å². The lowest BCUT2D eigenvalue weighted by Crippen LogP contribution is -2.50. The highest BCUT2D eigenvalue weighted by molar-refractivity contribution is 7.11. The van der Waals surface area contributed by atoms with Gasteiger partial charge in [0.2, 0.25) is 5.91 Å². The highest BCUT2D eigenvalue weighted by Gasteiger charge is 2.37. The molecule has 118 valence electrons. The Morgan fingerprint density at radius 2 is 2.24 bits per heavy atom. The van der Waals surface area contributed by atoms with E-state index in [1.54, 1.807) is 11.3 Å². The molecule has 1 amide bonds. The Labute approximate surface area is 132 Å². The molecule has 1 fully saturated rings. The van der Waals surface area contributed by atoms with Gasteiger partial charge >= 0.3 is 0 Å². The van der Waals surface area contributed by atoms with Crippen molar-refractivity contribution in [3.05, 3.63) is 15.6 Å². The second kappa shape index (κ2) is 6.88. The Hall–Kier alpha value is -0.940. The van der Waals surface area contributed by atoms with Gasteiger partial charge in [-0.3, -0.25) is 4.79 Å². The maximum absolute atomic E-state index is 12.6. The average Bonchev–Trinajstić information content (AvgIpc) is 2.84. The largest absolute Gasteiger partial charge is 0.351 e. The van der Waals surface area contributed by atoms with Gasteiger partial charge in [0, 0.05) is 11.4 Å². The van der Waals surface area contributed by atoms with E-state index in [0.29, 0.717) is 6.54 Å². The minimum atomic E-state index is -0.250. The third-order valence-corrected chi connectivity index (χ3v) is 5.41. The quantitative estimate of drug-likeness (QED) is 0.909. The Bertz CT molecular complexity index is 500. The van der Waals surface area contributed by atoms with Crippen LogP contribution in [0.3, 0.4) is 0 Å². The van der Waals surface area contributed by atoms with E-state index in [9.17, 15) is 4.79 Å². The molecule has 2 heterocycles. The normalized spacial score (nSPS) is 23.2. The summed E-state index contributed by atoms with van der Waals surface area (Å²) in [5.41, 5.74) is 0.877. The second-order valence-corrected chi connectivity index (χ2v) is 7.46. The van der Waals surface area contributed by atoms with Crippen LogP contribution in [0.5, 0.6) is 0 Å². The molecule has 1 aromatic heterocycles. The van der Waals surface area contributed by atoms with E-state index in [1.165, 1.54) is 4.88 Å². The summed E-state index contributed by atoms with van der Waals surface area (Å²) in [6.07, 6.45) is 3.02. The number of carbonyl (C=O) groups is 1. The standard InChI is InChI=1S/C16H27N3OS/c1-5-13-14(21-12(3)18-13)10-17-15(20)16(4)8-7-9-19(6-2)11-16/h5-11H2,1-4H3,(H,17,20)/t16-/m0/s1. The van der Waals surface area contributed by atoms with Crippen molar-refractivity contribution in [2.75, 3.05) is 19.6 Å². The number of amides is 1. The first-order valence-corrected chi connectivity index (χ1v) is 8.76. The SMILES string of the molecule is CCc1nc(C)sc1CNC(=O)[C@@]1(C)CCCN(CC)C1. The zero-order chi connectivity index (χ0) is 15.5. The molecule has 21 heavy (non-hydrogen) atoms. The maximum atomic E-state index is 12.6. The molecule has 0 unspecified atom stereocenters. The van der Waals surface area contributed by atoms with Crippen molar-refractivity contribution in [3.8, 4) is 0 Å². The Morgan fingerprint density at radius 1 is 1.48 bits per heavy atom. The molecule has 1 saturated heterocycles. The van der Waals surface area contributed by atoms with Gasteiger partial charge in [0.25, 0.3) is 0 Å². The topological polar surface area (TPSA) is 45.2 Å². The molecule has 1 aliphatic rings. The number of piperidine rings is 1. The van der Waals surface area contributed by atoms with Gasteiger partial charge in [0.1, 0.15) is 0 Å². The third-order valence-electron chi connectivity index (χ3n) is 4.40. The minimum absolute atomic E-state index is 0.189. The van der Waals surface area contributed by atoms with Gasteiger partial charge in [-0.1, -0.05) is 13.8 Å². The van der Waals surface area contributed by atoms with E-state index in [-0.39, 0.29) is 11.3 Å².